The summed E-state index contributed by atoms with van der Waals surface area (Å²) in [6, 6.07) is -0.160. The second kappa shape index (κ2) is 8.10. The van der Waals surface area contributed by atoms with Crippen molar-refractivity contribution < 1.29 is 19.5 Å². The molecule has 1 fully saturated rings. The highest BCUT2D eigenvalue weighted by molar-refractivity contribution is 5.95. The molecule has 2 rings (SSSR count). The zero-order valence-corrected chi connectivity index (χ0v) is 16.9. The summed E-state index contributed by atoms with van der Waals surface area (Å²) in [6.45, 7) is 8.26. The summed E-state index contributed by atoms with van der Waals surface area (Å²) >= 11 is 0. The second-order valence-corrected chi connectivity index (χ2v) is 8.23. The van der Waals surface area contributed by atoms with Crippen LogP contribution in [0.1, 0.15) is 63.0 Å². The third kappa shape index (κ3) is 5.08. The predicted molar refractivity (Wildman–Crippen MR) is 100 cm³/mol. The van der Waals surface area contributed by atoms with E-state index < -0.39 is 5.97 Å². The molecular formula is C19H30N4O4. The van der Waals surface area contributed by atoms with E-state index in [1.807, 2.05) is 20.8 Å². The van der Waals surface area contributed by atoms with Crippen LogP contribution in [0.4, 0.5) is 0 Å². The molecule has 27 heavy (non-hydrogen) atoms. The molecule has 1 aromatic heterocycles. The van der Waals surface area contributed by atoms with Gasteiger partial charge in [-0.1, -0.05) is 20.8 Å². The quantitative estimate of drug-likeness (QED) is 0.859. The summed E-state index contributed by atoms with van der Waals surface area (Å²) in [4.78, 5) is 39.2. The lowest BCUT2D eigenvalue weighted by atomic mass is 9.89. The molecule has 2 amide bonds. The van der Waals surface area contributed by atoms with Gasteiger partial charge in [-0.15, -0.1) is 0 Å². The summed E-state index contributed by atoms with van der Waals surface area (Å²) in [7, 11) is 1.81. The van der Waals surface area contributed by atoms with Gasteiger partial charge in [0.15, 0.2) is 0 Å². The largest absolute Gasteiger partial charge is 0.480 e. The molecule has 8 nitrogen and oxygen atoms in total. The van der Waals surface area contributed by atoms with Crippen LogP contribution in [0, 0.1) is 0 Å². The van der Waals surface area contributed by atoms with Crippen molar-refractivity contribution >= 4 is 17.8 Å². The third-order valence-corrected chi connectivity index (χ3v) is 4.91. The Labute approximate surface area is 160 Å². The molecule has 8 heteroatoms. The number of aliphatic carboxylic acids is 1. The van der Waals surface area contributed by atoms with E-state index in [2.05, 4.69) is 5.10 Å². The maximum Gasteiger partial charge on any atom is 0.323 e. The van der Waals surface area contributed by atoms with E-state index in [1.54, 1.807) is 22.8 Å². The van der Waals surface area contributed by atoms with Crippen molar-refractivity contribution in [3.8, 4) is 0 Å². The SMILES string of the molecule is CC(=O)N(CC(=O)O)C1CCCN(C(=O)c2cn(C)nc2C(C)(C)C)CC1. The molecule has 1 atom stereocenters. The van der Waals surface area contributed by atoms with Crippen LogP contribution >= 0.6 is 0 Å². The highest BCUT2D eigenvalue weighted by Gasteiger charge is 2.31. The fraction of sp³-hybridized carbons (Fsp3) is 0.684. The highest BCUT2D eigenvalue weighted by atomic mass is 16.4. The van der Waals surface area contributed by atoms with E-state index in [-0.39, 0.29) is 29.8 Å². The number of hydrogen-bond acceptors (Lipinski definition) is 4. The first-order valence-corrected chi connectivity index (χ1v) is 9.33. The standard InChI is InChI=1S/C19H30N4O4/c1-13(24)23(12-16(25)26)14-7-6-9-22(10-8-14)18(27)15-11-21(5)20-17(15)19(2,3)4/h11,14H,6-10,12H2,1-5H3,(H,25,26). The molecule has 150 valence electrons. The zero-order chi connectivity index (χ0) is 20.4. The van der Waals surface area contributed by atoms with Crippen molar-refractivity contribution in [2.24, 2.45) is 7.05 Å². The molecule has 1 aliphatic rings. The number of hydrogen-bond donors (Lipinski definition) is 1. The molecule has 1 unspecified atom stereocenters. The number of nitrogens with zero attached hydrogens (tertiary/aromatic N) is 4. The van der Waals surface area contributed by atoms with Crippen LogP contribution in [0.15, 0.2) is 6.20 Å². The van der Waals surface area contributed by atoms with Crippen LogP contribution in [0.3, 0.4) is 0 Å². The van der Waals surface area contributed by atoms with Gasteiger partial charge in [0.2, 0.25) is 5.91 Å². The molecule has 1 saturated heterocycles. The molecule has 0 aliphatic carbocycles. The first-order chi connectivity index (χ1) is 12.5. The molecule has 0 spiro atoms. The number of carbonyl (C=O) groups is 3. The fourth-order valence-electron chi connectivity index (χ4n) is 3.61. The Hall–Kier alpha value is -2.38. The Kier molecular flexibility index (Phi) is 6.28. The molecule has 1 aliphatic heterocycles. The molecular weight excluding hydrogens is 348 g/mol. The second-order valence-electron chi connectivity index (χ2n) is 8.23. The van der Waals surface area contributed by atoms with Crippen LogP contribution in [0.25, 0.3) is 0 Å². The number of carboxylic acid groups (broad SMARTS) is 1. The van der Waals surface area contributed by atoms with Gasteiger partial charge in [0.1, 0.15) is 6.54 Å². The normalized spacial score (nSPS) is 18.1. The highest BCUT2D eigenvalue weighted by Crippen LogP contribution is 2.26. The number of amides is 2. The lowest BCUT2D eigenvalue weighted by Crippen LogP contribution is -2.43. The zero-order valence-electron chi connectivity index (χ0n) is 16.9. The van der Waals surface area contributed by atoms with Gasteiger partial charge >= 0.3 is 5.97 Å². The van der Waals surface area contributed by atoms with Gasteiger partial charge in [0, 0.05) is 44.7 Å². The van der Waals surface area contributed by atoms with Gasteiger partial charge < -0.3 is 14.9 Å². The molecule has 2 heterocycles. The maximum absolute atomic E-state index is 13.1. The monoisotopic (exact) mass is 378 g/mol. The number of likely N-dealkylation sites (tertiary alicyclic amines) is 1. The van der Waals surface area contributed by atoms with Gasteiger partial charge in [-0.25, -0.2) is 0 Å². The van der Waals surface area contributed by atoms with Crippen LogP contribution in [0.2, 0.25) is 0 Å². The Morgan fingerprint density at radius 1 is 1.26 bits per heavy atom. The molecule has 0 aromatic carbocycles. The summed E-state index contributed by atoms with van der Waals surface area (Å²) in [5, 5.41) is 13.5. The van der Waals surface area contributed by atoms with E-state index in [4.69, 9.17) is 5.11 Å². The number of carboxylic acids is 1. The van der Waals surface area contributed by atoms with Crippen LogP contribution in [0.5, 0.6) is 0 Å². The molecule has 1 N–H and O–H groups in total. The van der Waals surface area contributed by atoms with E-state index in [1.165, 1.54) is 11.8 Å². The number of aryl methyl sites for hydroxylation is 1. The maximum atomic E-state index is 13.1. The average Bonchev–Trinajstić information content (AvgIpc) is 2.79. The van der Waals surface area contributed by atoms with Crippen molar-refractivity contribution in [2.75, 3.05) is 19.6 Å². The molecule has 0 bridgehead atoms. The Morgan fingerprint density at radius 2 is 1.93 bits per heavy atom. The van der Waals surface area contributed by atoms with E-state index in [9.17, 15) is 14.4 Å². The van der Waals surface area contributed by atoms with Crippen LogP contribution < -0.4 is 0 Å². The number of aromatic nitrogens is 2. The predicted octanol–water partition coefficient (Wildman–Crippen LogP) is 1.65. The third-order valence-electron chi connectivity index (χ3n) is 4.91. The number of rotatable bonds is 4. The summed E-state index contributed by atoms with van der Waals surface area (Å²) in [6.07, 6.45) is 3.75. The average molecular weight is 378 g/mol. The first-order valence-electron chi connectivity index (χ1n) is 9.33. The number of carbonyl (C=O) groups excluding carboxylic acids is 2. The summed E-state index contributed by atoms with van der Waals surface area (Å²) in [5.74, 6) is -1.32. The van der Waals surface area contributed by atoms with Gasteiger partial charge in [-0.2, -0.15) is 5.10 Å². The Bertz CT molecular complexity index is 720. The van der Waals surface area contributed by atoms with E-state index in [0.29, 0.717) is 31.5 Å². The fourth-order valence-corrected chi connectivity index (χ4v) is 3.61. The van der Waals surface area contributed by atoms with Crippen molar-refractivity contribution in [3.05, 3.63) is 17.5 Å². The minimum atomic E-state index is -1.02. The van der Waals surface area contributed by atoms with Crippen LogP contribution in [-0.4, -0.2) is 68.1 Å². The van der Waals surface area contributed by atoms with E-state index in [0.717, 1.165) is 12.1 Å². The smallest absolute Gasteiger partial charge is 0.323 e. The van der Waals surface area contributed by atoms with Gasteiger partial charge in [-0.05, 0) is 19.3 Å². The van der Waals surface area contributed by atoms with Crippen molar-refractivity contribution in [2.45, 2.75) is 58.4 Å². The van der Waals surface area contributed by atoms with Crippen molar-refractivity contribution in [1.82, 2.24) is 19.6 Å². The lowest BCUT2D eigenvalue weighted by Gasteiger charge is -2.29. The first kappa shape index (κ1) is 20.9. The summed E-state index contributed by atoms with van der Waals surface area (Å²) in [5.41, 5.74) is 1.14. The Balaban J connectivity index is 2.15. The minimum Gasteiger partial charge on any atom is -0.480 e. The van der Waals surface area contributed by atoms with Crippen molar-refractivity contribution in [1.29, 1.82) is 0 Å². The molecule has 1 aromatic rings. The van der Waals surface area contributed by atoms with Crippen molar-refractivity contribution in [3.63, 3.8) is 0 Å². The lowest BCUT2D eigenvalue weighted by molar-refractivity contribution is -0.145. The molecule has 0 saturated carbocycles. The van der Waals surface area contributed by atoms with Gasteiger partial charge in [0.05, 0.1) is 11.3 Å². The van der Waals surface area contributed by atoms with Crippen LogP contribution in [-0.2, 0) is 22.1 Å². The molecule has 0 radical (unpaired) electrons. The van der Waals surface area contributed by atoms with E-state index >= 15 is 0 Å². The Morgan fingerprint density at radius 3 is 2.48 bits per heavy atom. The topological polar surface area (TPSA) is 95.7 Å². The summed E-state index contributed by atoms with van der Waals surface area (Å²) < 4.78 is 1.67. The van der Waals surface area contributed by atoms with Gasteiger partial charge in [0.25, 0.3) is 5.91 Å². The van der Waals surface area contributed by atoms with Gasteiger partial charge in [-0.3, -0.25) is 19.1 Å². The minimum absolute atomic E-state index is 0.0544.